The van der Waals surface area contributed by atoms with Gasteiger partial charge in [0.2, 0.25) is 0 Å². The molecule has 2 heterocycles. The summed E-state index contributed by atoms with van der Waals surface area (Å²) in [7, 11) is 0. The molecule has 0 bridgehead atoms. The number of carbonyl (C=O) groups is 1. The van der Waals surface area contributed by atoms with E-state index in [0.29, 0.717) is 22.9 Å². The molecule has 4 rings (SSSR count). The van der Waals surface area contributed by atoms with Crippen LogP contribution in [0.25, 0.3) is 11.3 Å². The first-order valence-corrected chi connectivity index (χ1v) is 7.47. The average Bonchev–Trinajstić information content (AvgIpc) is 2.98. The third kappa shape index (κ3) is 1.89. The first-order chi connectivity index (χ1) is 10.1. The SMILES string of the molecule is CC1(C)C2CN(C(=O)c3cc(-c4ccccc4)n[nH]3)CC21. The number of rotatable bonds is 2. The molecule has 4 nitrogen and oxygen atoms in total. The fourth-order valence-corrected chi connectivity index (χ4v) is 3.66. The normalized spacial score (nSPS) is 25.7. The van der Waals surface area contributed by atoms with Crippen LogP contribution in [-0.2, 0) is 0 Å². The maximum absolute atomic E-state index is 12.5. The first kappa shape index (κ1) is 12.6. The van der Waals surface area contributed by atoms with Crippen LogP contribution in [0.1, 0.15) is 24.3 Å². The molecule has 1 aliphatic carbocycles. The number of likely N-dealkylation sites (tertiary alicyclic amines) is 1. The number of benzene rings is 1. The van der Waals surface area contributed by atoms with E-state index in [-0.39, 0.29) is 5.91 Å². The molecule has 4 heteroatoms. The van der Waals surface area contributed by atoms with Gasteiger partial charge < -0.3 is 4.90 Å². The Hall–Kier alpha value is -2.10. The van der Waals surface area contributed by atoms with Crippen molar-refractivity contribution in [2.24, 2.45) is 17.3 Å². The molecular formula is C17H19N3O. The number of carbonyl (C=O) groups excluding carboxylic acids is 1. The highest BCUT2D eigenvalue weighted by Gasteiger charge is 2.62. The number of H-pyrrole nitrogens is 1. The Morgan fingerprint density at radius 2 is 1.90 bits per heavy atom. The van der Waals surface area contributed by atoms with Crippen LogP contribution in [0.2, 0.25) is 0 Å². The minimum atomic E-state index is 0.0766. The molecule has 2 aromatic rings. The van der Waals surface area contributed by atoms with Gasteiger partial charge in [-0.3, -0.25) is 9.89 Å². The van der Waals surface area contributed by atoms with Crippen molar-refractivity contribution in [3.63, 3.8) is 0 Å². The van der Waals surface area contributed by atoms with E-state index in [1.54, 1.807) is 0 Å². The average molecular weight is 281 g/mol. The van der Waals surface area contributed by atoms with Crippen LogP contribution >= 0.6 is 0 Å². The molecule has 2 unspecified atom stereocenters. The Balaban J connectivity index is 1.51. The summed E-state index contributed by atoms with van der Waals surface area (Å²) in [4.78, 5) is 14.5. The fourth-order valence-electron chi connectivity index (χ4n) is 3.66. The summed E-state index contributed by atoms with van der Waals surface area (Å²) in [5, 5.41) is 7.16. The summed E-state index contributed by atoms with van der Waals surface area (Å²) in [5.74, 6) is 1.43. The molecule has 1 aromatic heterocycles. The predicted octanol–water partition coefficient (Wildman–Crippen LogP) is 2.80. The molecule has 2 aliphatic rings. The fraction of sp³-hybridized carbons (Fsp3) is 0.412. The van der Waals surface area contributed by atoms with Gasteiger partial charge in [-0.05, 0) is 23.3 Å². The zero-order valence-electron chi connectivity index (χ0n) is 12.3. The zero-order valence-corrected chi connectivity index (χ0v) is 12.3. The number of hydrogen-bond donors (Lipinski definition) is 1. The Labute approximate surface area is 124 Å². The van der Waals surface area contributed by atoms with Crippen molar-refractivity contribution in [2.45, 2.75) is 13.8 Å². The summed E-state index contributed by atoms with van der Waals surface area (Å²) in [6.07, 6.45) is 0. The number of nitrogens with one attached hydrogen (secondary N) is 1. The Morgan fingerprint density at radius 3 is 2.57 bits per heavy atom. The van der Waals surface area contributed by atoms with Crippen molar-refractivity contribution in [1.29, 1.82) is 0 Å². The number of fused-ring (bicyclic) bond motifs is 1. The van der Waals surface area contributed by atoms with Crippen molar-refractivity contribution >= 4 is 5.91 Å². The number of hydrogen-bond acceptors (Lipinski definition) is 2. The summed E-state index contributed by atoms with van der Waals surface area (Å²) in [6.45, 7) is 6.37. The number of piperidine rings is 1. The number of aromatic amines is 1. The van der Waals surface area contributed by atoms with Crippen molar-refractivity contribution < 1.29 is 4.79 Å². The highest BCUT2D eigenvalue weighted by Crippen LogP contribution is 2.62. The minimum Gasteiger partial charge on any atom is -0.337 e. The predicted molar refractivity (Wildman–Crippen MR) is 80.7 cm³/mol. The molecule has 2 fully saturated rings. The molecule has 0 spiro atoms. The topological polar surface area (TPSA) is 49.0 Å². The van der Waals surface area contributed by atoms with E-state index < -0.39 is 0 Å². The second-order valence-electron chi connectivity index (χ2n) is 6.78. The van der Waals surface area contributed by atoms with E-state index in [2.05, 4.69) is 24.0 Å². The second-order valence-corrected chi connectivity index (χ2v) is 6.78. The smallest absolute Gasteiger partial charge is 0.271 e. The highest BCUT2D eigenvalue weighted by molar-refractivity contribution is 5.93. The molecule has 1 aromatic carbocycles. The lowest BCUT2D eigenvalue weighted by Crippen LogP contribution is -2.33. The van der Waals surface area contributed by atoms with Gasteiger partial charge in [0.15, 0.2) is 0 Å². The van der Waals surface area contributed by atoms with Crippen LogP contribution in [-0.4, -0.2) is 34.1 Å². The molecule has 0 radical (unpaired) electrons. The van der Waals surface area contributed by atoms with E-state index in [1.165, 1.54) is 0 Å². The molecule has 21 heavy (non-hydrogen) atoms. The highest BCUT2D eigenvalue weighted by atomic mass is 16.2. The zero-order chi connectivity index (χ0) is 14.6. The molecule has 2 atom stereocenters. The van der Waals surface area contributed by atoms with Crippen LogP contribution in [0.3, 0.4) is 0 Å². The van der Waals surface area contributed by atoms with E-state index in [0.717, 1.165) is 24.3 Å². The minimum absolute atomic E-state index is 0.0766. The Morgan fingerprint density at radius 1 is 1.24 bits per heavy atom. The van der Waals surface area contributed by atoms with Gasteiger partial charge >= 0.3 is 0 Å². The van der Waals surface area contributed by atoms with Crippen molar-refractivity contribution in [3.8, 4) is 11.3 Å². The molecule has 1 saturated heterocycles. The number of nitrogens with zero attached hydrogens (tertiary/aromatic N) is 2. The quantitative estimate of drug-likeness (QED) is 0.920. The second kappa shape index (κ2) is 4.20. The largest absolute Gasteiger partial charge is 0.337 e. The monoisotopic (exact) mass is 281 g/mol. The van der Waals surface area contributed by atoms with Gasteiger partial charge in [0.05, 0.1) is 5.69 Å². The summed E-state index contributed by atoms with van der Waals surface area (Å²) in [6, 6.07) is 11.8. The van der Waals surface area contributed by atoms with Crippen LogP contribution < -0.4 is 0 Å². The first-order valence-electron chi connectivity index (χ1n) is 7.47. The maximum atomic E-state index is 12.5. The van der Waals surface area contributed by atoms with Crippen LogP contribution in [0.5, 0.6) is 0 Å². The van der Waals surface area contributed by atoms with E-state index in [9.17, 15) is 4.79 Å². The van der Waals surface area contributed by atoms with Gasteiger partial charge in [0.25, 0.3) is 5.91 Å². The summed E-state index contributed by atoms with van der Waals surface area (Å²) in [5.41, 5.74) is 2.87. The Bertz CT molecular complexity index is 675. The third-order valence-corrected chi connectivity index (χ3v) is 5.29. The molecule has 1 amide bonds. The lowest BCUT2D eigenvalue weighted by molar-refractivity contribution is 0.0752. The van der Waals surface area contributed by atoms with Gasteiger partial charge in [-0.1, -0.05) is 44.2 Å². The van der Waals surface area contributed by atoms with Crippen LogP contribution in [0.15, 0.2) is 36.4 Å². The van der Waals surface area contributed by atoms with Crippen LogP contribution in [0, 0.1) is 17.3 Å². The molecule has 1 aliphatic heterocycles. The number of aromatic nitrogens is 2. The van der Waals surface area contributed by atoms with E-state index in [4.69, 9.17) is 0 Å². The third-order valence-electron chi connectivity index (χ3n) is 5.29. The number of amides is 1. The lowest BCUT2D eigenvalue weighted by Gasteiger charge is -2.21. The molecule has 108 valence electrons. The van der Waals surface area contributed by atoms with Crippen molar-refractivity contribution in [3.05, 3.63) is 42.1 Å². The lowest BCUT2D eigenvalue weighted by atomic mass is 10.1. The van der Waals surface area contributed by atoms with Crippen molar-refractivity contribution in [1.82, 2.24) is 15.1 Å². The van der Waals surface area contributed by atoms with Crippen molar-refractivity contribution in [2.75, 3.05) is 13.1 Å². The van der Waals surface area contributed by atoms with E-state index >= 15 is 0 Å². The summed E-state index contributed by atoms with van der Waals surface area (Å²) < 4.78 is 0. The molecule has 1 saturated carbocycles. The molecular weight excluding hydrogens is 262 g/mol. The van der Waals surface area contributed by atoms with Gasteiger partial charge in [0.1, 0.15) is 5.69 Å². The van der Waals surface area contributed by atoms with Gasteiger partial charge in [-0.15, -0.1) is 0 Å². The van der Waals surface area contributed by atoms with E-state index in [1.807, 2.05) is 41.3 Å². The van der Waals surface area contributed by atoms with Crippen LogP contribution in [0.4, 0.5) is 0 Å². The Kier molecular flexibility index (Phi) is 2.52. The summed E-state index contributed by atoms with van der Waals surface area (Å²) >= 11 is 0. The maximum Gasteiger partial charge on any atom is 0.271 e. The van der Waals surface area contributed by atoms with Gasteiger partial charge in [-0.25, -0.2) is 0 Å². The van der Waals surface area contributed by atoms with Gasteiger partial charge in [0, 0.05) is 18.7 Å². The van der Waals surface area contributed by atoms with Gasteiger partial charge in [-0.2, -0.15) is 5.10 Å². The standard InChI is InChI=1S/C17H19N3O/c1-17(2)12-9-20(10-13(12)17)16(21)15-8-14(18-19-15)11-6-4-3-5-7-11/h3-8,12-13H,9-10H2,1-2H3,(H,18,19). The molecule has 1 N–H and O–H groups in total.